The van der Waals surface area contributed by atoms with Gasteiger partial charge >= 0.3 is 12.2 Å². The van der Waals surface area contributed by atoms with Gasteiger partial charge in [-0.1, -0.05) is 6.07 Å². The number of alkyl halides is 3. The van der Waals surface area contributed by atoms with E-state index in [2.05, 4.69) is 15.3 Å². The lowest BCUT2D eigenvalue weighted by atomic mass is 10.1. The Morgan fingerprint density at radius 3 is 2.44 bits per heavy atom. The van der Waals surface area contributed by atoms with Gasteiger partial charge in [-0.15, -0.1) is 11.3 Å². The number of thiophene rings is 1. The second-order valence-corrected chi connectivity index (χ2v) is 7.41. The second kappa shape index (κ2) is 8.04. The molecule has 164 valence electrons. The van der Waals surface area contributed by atoms with Gasteiger partial charge < -0.3 is 16.4 Å². The van der Waals surface area contributed by atoms with E-state index in [0.29, 0.717) is 39.5 Å². The summed E-state index contributed by atoms with van der Waals surface area (Å²) < 4.78 is 66.8. The number of nitrogens with one attached hydrogen (secondary N) is 2. The molecule has 12 heteroatoms. The summed E-state index contributed by atoms with van der Waals surface area (Å²) in [5.74, 6) is -1.67. The van der Waals surface area contributed by atoms with Crippen molar-refractivity contribution in [1.82, 2.24) is 9.97 Å². The molecule has 0 bridgehead atoms. The third-order valence-electron chi connectivity index (χ3n) is 4.47. The van der Waals surface area contributed by atoms with Gasteiger partial charge in [0.1, 0.15) is 28.6 Å². The summed E-state index contributed by atoms with van der Waals surface area (Å²) in [4.78, 5) is 20.8. The van der Waals surface area contributed by atoms with E-state index >= 15 is 0 Å². The largest absolute Gasteiger partial charge is 0.416 e. The number of anilines is 3. The van der Waals surface area contributed by atoms with Crippen molar-refractivity contribution in [3.63, 3.8) is 0 Å². The topological polar surface area (TPSA) is 92.9 Å². The van der Waals surface area contributed by atoms with E-state index in [9.17, 15) is 26.7 Å². The number of halogens is 5. The van der Waals surface area contributed by atoms with Crippen LogP contribution in [-0.4, -0.2) is 16.0 Å². The zero-order valence-electron chi connectivity index (χ0n) is 15.8. The lowest BCUT2D eigenvalue weighted by Crippen LogP contribution is -2.21. The van der Waals surface area contributed by atoms with Crippen molar-refractivity contribution in [3.05, 3.63) is 65.3 Å². The van der Waals surface area contributed by atoms with Gasteiger partial charge in [0.05, 0.1) is 22.3 Å². The van der Waals surface area contributed by atoms with Crippen molar-refractivity contribution >= 4 is 44.8 Å². The van der Waals surface area contributed by atoms with Crippen molar-refractivity contribution in [2.75, 3.05) is 16.4 Å². The quantitative estimate of drug-likeness (QED) is 0.330. The van der Waals surface area contributed by atoms with Gasteiger partial charge in [-0.25, -0.2) is 23.5 Å². The monoisotopic (exact) mass is 465 g/mol. The van der Waals surface area contributed by atoms with E-state index < -0.39 is 35.1 Å². The van der Waals surface area contributed by atoms with Crippen LogP contribution < -0.4 is 16.4 Å². The zero-order chi connectivity index (χ0) is 23.0. The van der Waals surface area contributed by atoms with Crippen LogP contribution in [0.3, 0.4) is 0 Å². The summed E-state index contributed by atoms with van der Waals surface area (Å²) in [7, 11) is 0. The smallest absolute Gasteiger partial charge is 0.383 e. The first kappa shape index (κ1) is 21.4. The number of nitrogens with two attached hydrogens (primary N) is 1. The summed E-state index contributed by atoms with van der Waals surface area (Å²) in [6, 6.07) is 4.37. The number of rotatable bonds is 3. The van der Waals surface area contributed by atoms with Gasteiger partial charge in [0.15, 0.2) is 0 Å². The fourth-order valence-electron chi connectivity index (χ4n) is 2.97. The normalized spacial score (nSPS) is 11.5. The Kier molecular flexibility index (Phi) is 5.38. The number of carbonyl (C=O) groups excluding carboxylic acids is 1. The minimum Gasteiger partial charge on any atom is -0.383 e. The van der Waals surface area contributed by atoms with Crippen molar-refractivity contribution < 1.29 is 26.7 Å². The van der Waals surface area contributed by atoms with E-state index in [1.165, 1.54) is 29.8 Å². The van der Waals surface area contributed by atoms with E-state index in [-0.39, 0.29) is 11.5 Å². The Morgan fingerprint density at radius 1 is 0.969 bits per heavy atom. The third kappa shape index (κ3) is 4.17. The molecule has 0 unspecified atom stereocenters. The first-order chi connectivity index (χ1) is 15.1. The fourth-order valence-corrected chi connectivity index (χ4v) is 3.89. The predicted octanol–water partition coefficient (Wildman–Crippen LogP) is 5.88. The molecule has 4 aromatic rings. The van der Waals surface area contributed by atoms with Crippen LogP contribution in [0.2, 0.25) is 0 Å². The molecule has 0 radical (unpaired) electrons. The number of benzene rings is 2. The SMILES string of the molecule is Nc1ncnc2scc(-c3ccc(NC(=O)Nc4cc(C(F)(F)F)ccc4F)c(F)c3)c12. The molecule has 2 heterocycles. The van der Waals surface area contributed by atoms with Crippen molar-refractivity contribution in [2.24, 2.45) is 0 Å². The highest BCUT2D eigenvalue weighted by Crippen LogP contribution is 2.36. The highest BCUT2D eigenvalue weighted by Gasteiger charge is 2.31. The number of hydrogen-bond donors (Lipinski definition) is 3. The molecule has 0 saturated heterocycles. The number of hydrogen-bond acceptors (Lipinski definition) is 5. The van der Waals surface area contributed by atoms with Gasteiger partial charge in [-0.05, 0) is 35.9 Å². The lowest BCUT2D eigenvalue weighted by Gasteiger charge is -2.12. The van der Waals surface area contributed by atoms with Crippen LogP contribution in [0.1, 0.15) is 5.56 Å². The molecule has 0 saturated carbocycles. The van der Waals surface area contributed by atoms with E-state index in [1.807, 2.05) is 5.32 Å². The van der Waals surface area contributed by atoms with Gasteiger partial charge in [0.2, 0.25) is 0 Å². The van der Waals surface area contributed by atoms with E-state index in [4.69, 9.17) is 5.73 Å². The Balaban J connectivity index is 1.55. The molecule has 4 rings (SSSR count). The summed E-state index contributed by atoms with van der Waals surface area (Å²) >= 11 is 1.30. The molecule has 32 heavy (non-hydrogen) atoms. The van der Waals surface area contributed by atoms with Crippen molar-refractivity contribution in [3.8, 4) is 11.1 Å². The second-order valence-electron chi connectivity index (χ2n) is 6.55. The number of aromatic nitrogens is 2. The third-order valence-corrected chi connectivity index (χ3v) is 5.36. The average Bonchev–Trinajstić information content (AvgIpc) is 3.16. The maximum absolute atomic E-state index is 14.6. The van der Waals surface area contributed by atoms with Crippen LogP contribution in [0.5, 0.6) is 0 Å². The highest BCUT2D eigenvalue weighted by molar-refractivity contribution is 7.17. The Hall–Kier alpha value is -3.80. The average molecular weight is 465 g/mol. The van der Waals surface area contributed by atoms with Gasteiger partial charge in [0.25, 0.3) is 0 Å². The van der Waals surface area contributed by atoms with Crippen LogP contribution in [0.4, 0.5) is 43.9 Å². The van der Waals surface area contributed by atoms with Gasteiger partial charge in [-0.2, -0.15) is 13.2 Å². The fraction of sp³-hybridized carbons (Fsp3) is 0.0500. The van der Waals surface area contributed by atoms with E-state index in [1.54, 1.807) is 5.38 Å². The number of nitrogens with zero attached hydrogens (tertiary/aromatic N) is 2. The van der Waals surface area contributed by atoms with Crippen LogP contribution in [0, 0.1) is 11.6 Å². The lowest BCUT2D eigenvalue weighted by molar-refractivity contribution is -0.137. The maximum atomic E-state index is 14.6. The molecule has 0 atom stereocenters. The number of amides is 2. The minimum absolute atomic E-state index is 0.233. The summed E-state index contributed by atoms with van der Waals surface area (Å²) in [6.07, 6.45) is -3.40. The molecule has 0 aliphatic carbocycles. The molecular weight excluding hydrogens is 453 g/mol. The summed E-state index contributed by atoms with van der Waals surface area (Å²) in [6.45, 7) is 0. The molecule has 6 nitrogen and oxygen atoms in total. The number of urea groups is 1. The molecular formula is C20H12F5N5OS. The van der Waals surface area contributed by atoms with Crippen molar-refractivity contribution in [2.45, 2.75) is 6.18 Å². The number of carbonyl (C=O) groups is 1. The molecule has 4 N–H and O–H groups in total. The minimum atomic E-state index is -4.72. The van der Waals surface area contributed by atoms with Crippen LogP contribution in [-0.2, 0) is 6.18 Å². The van der Waals surface area contributed by atoms with Crippen LogP contribution >= 0.6 is 11.3 Å². The standard InChI is InChI=1S/C20H12F5N5OS/c21-12-3-2-10(20(23,24)25)6-15(12)30-19(31)29-14-4-1-9(5-13(14)22)11-7-32-18-16(11)17(26)27-8-28-18/h1-8H,(H2,26,27,28)(H2,29,30,31). The molecule has 0 aliphatic heterocycles. The Labute approximate surface area is 180 Å². The van der Waals surface area contributed by atoms with Crippen LogP contribution in [0.15, 0.2) is 48.1 Å². The zero-order valence-corrected chi connectivity index (χ0v) is 16.6. The molecule has 0 fully saturated rings. The molecule has 2 aromatic carbocycles. The first-order valence-corrected chi connectivity index (χ1v) is 9.74. The Bertz CT molecular complexity index is 1340. The van der Waals surface area contributed by atoms with Gasteiger partial charge in [0, 0.05) is 10.9 Å². The van der Waals surface area contributed by atoms with E-state index in [0.717, 1.165) is 6.07 Å². The highest BCUT2D eigenvalue weighted by atomic mass is 32.1. The van der Waals surface area contributed by atoms with Crippen LogP contribution in [0.25, 0.3) is 21.3 Å². The Morgan fingerprint density at radius 2 is 1.72 bits per heavy atom. The summed E-state index contributed by atoms with van der Waals surface area (Å²) in [5.41, 5.74) is 4.84. The first-order valence-electron chi connectivity index (χ1n) is 8.86. The number of fused-ring (bicyclic) bond motifs is 1. The number of nitrogen functional groups attached to an aromatic ring is 1. The molecule has 2 aromatic heterocycles. The molecule has 2 amide bonds. The van der Waals surface area contributed by atoms with Crippen molar-refractivity contribution in [1.29, 1.82) is 0 Å². The molecule has 0 aliphatic rings. The van der Waals surface area contributed by atoms with Gasteiger partial charge in [-0.3, -0.25) is 0 Å². The molecule has 0 spiro atoms. The predicted molar refractivity (Wildman–Crippen MR) is 111 cm³/mol. The summed E-state index contributed by atoms with van der Waals surface area (Å²) in [5, 5.41) is 6.40. The maximum Gasteiger partial charge on any atom is 0.416 e.